The highest BCUT2D eigenvalue weighted by Crippen LogP contribution is 2.20. The van der Waals surface area contributed by atoms with Crippen molar-refractivity contribution in [2.24, 2.45) is 0 Å². The summed E-state index contributed by atoms with van der Waals surface area (Å²) >= 11 is 0. The smallest absolute Gasteiger partial charge is 0.0889 e. The molecule has 1 aromatic carbocycles. The van der Waals surface area contributed by atoms with E-state index in [1.165, 1.54) is 5.56 Å². The van der Waals surface area contributed by atoms with Crippen molar-refractivity contribution in [2.45, 2.75) is 26.4 Å². The highest BCUT2D eigenvalue weighted by molar-refractivity contribution is 7.20. The van der Waals surface area contributed by atoms with Gasteiger partial charge in [0.25, 0.3) is 0 Å². The zero-order valence-electron chi connectivity index (χ0n) is 8.08. The van der Waals surface area contributed by atoms with Gasteiger partial charge in [-0.25, -0.2) is 0 Å². The minimum absolute atomic E-state index is 0.165. The summed E-state index contributed by atoms with van der Waals surface area (Å²) in [7, 11) is 3.36. The fraction of sp³-hybridized carbons (Fsp3) is 0.364. The Morgan fingerprint density at radius 3 is 2.46 bits per heavy atom. The molecule has 0 bridgehead atoms. The van der Waals surface area contributed by atoms with Crippen molar-refractivity contribution in [1.82, 2.24) is 0 Å². The molecule has 0 aliphatic heterocycles. The lowest BCUT2D eigenvalue weighted by molar-refractivity contribution is 0.191. The molecule has 1 rings (SSSR count). The summed E-state index contributed by atoms with van der Waals surface area (Å²) in [5.41, 5.74) is 2.05. The molecule has 0 aliphatic carbocycles. The lowest BCUT2D eigenvalue weighted by Crippen LogP contribution is -2.05. The molecule has 1 atom stereocenters. The summed E-state index contributed by atoms with van der Waals surface area (Å²) in [5, 5.41) is 0. The first-order valence-corrected chi connectivity index (χ1v) is 5.00. The van der Waals surface area contributed by atoms with Crippen molar-refractivity contribution in [3.05, 3.63) is 35.9 Å². The maximum atomic E-state index is 5.62. The maximum absolute atomic E-state index is 5.62. The number of ether oxygens (including phenoxy) is 1. The topological polar surface area (TPSA) is 9.23 Å². The van der Waals surface area contributed by atoms with Gasteiger partial charge in [-0.15, -0.1) is 0 Å². The molecule has 0 radical (unpaired) electrons. The fourth-order valence-corrected chi connectivity index (χ4v) is 1.41. The van der Waals surface area contributed by atoms with Gasteiger partial charge in [-0.3, -0.25) is 0 Å². The Morgan fingerprint density at radius 2 is 2.00 bits per heavy atom. The van der Waals surface area contributed by atoms with Crippen LogP contribution in [0.25, 0.3) is 0 Å². The molecule has 0 fully saturated rings. The molecule has 2 heteroatoms. The predicted octanol–water partition coefficient (Wildman–Crippen LogP) is 3.45. The van der Waals surface area contributed by atoms with E-state index in [0.717, 1.165) is 11.9 Å². The van der Waals surface area contributed by atoms with E-state index in [1.807, 2.05) is 25.1 Å². The van der Waals surface area contributed by atoms with Gasteiger partial charge in [0.15, 0.2) is 0 Å². The summed E-state index contributed by atoms with van der Waals surface area (Å²) in [6, 6.07) is 10.3. The van der Waals surface area contributed by atoms with Crippen molar-refractivity contribution >= 4 is 14.3 Å². The van der Waals surface area contributed by atoms with Crippen molar-refractivity contribution in [1.29, 1.82) is 0 Å². The molecule has 0 aromatic heterocycles. The largest absolute Gasteiger partial charge is 0.339 e. The zero-order valence-corrected chi connectivity index (χ0v) is 9.08. The Hall–Kier alpha value is -0.650. The minimum Gasteiger partial charge on any atom is -0.339 e. The van der Waals surface area contributed by atoms with Crippen LogP contribution in [0.3, 0.4) is 0 Å². The van der Waals surface area contributed by atoms with E-state index in [2.05, 4.69) is 27.9 Å². The molecular weight excluding hydrogens is 179 g/mol. The van der Waals surface area contributed by atoms with Crippen molar-refractivity contribution in [2.75, 3.05) is 0 Å². The summed E-state index contributed by atoms with van der Waals surface area (Å²) in [6.07, 6.45) is 1.14. The van der Waals surface area contributed by atoms with E-state index in [9.17, 15) is 0 Å². The predicted molar refractivity (Wildman–Crippen MR) is 59.6 cm³/mol. The third kappa shape index (κ3) is 3.30. The number of benzene rings is 1. The Bertz CT molecular complexity index is 269. The van der Waals surface area contributed by atoms with Crippen LogP contribution >= 0.6 is 8.86 Å². The molecule has 0 N–H and O–H groups in total. The average Bonchev–Trinajstić information content (AvgIpc) is 2.15. The second-order valence-corrected chi connectivity index (χ2v) is 3.69. The second-order valence-electron chi connectivity index (χ2n) is 2.98. The van der Waals surface area contributed by atoms with Gasteiger partial charge in [-0.1, -0.05) is 46.1 Å². The van der Waals surface area contributed by atoms with Gasteiger partial charge in [0.1, 0.15) is 0 Å². The maximum Gasteiger partial charge on any atom is 0.0889 e. The monoisotopic (exact) mass is 194 g/mol. The fourth-order valence-electron chi connectivity index (χ4n) is 1.27. The van der Waals surface area contributed by atoms with Crippen molar-refractivity contribution < 1.29 is 4.74 Å². The molecule has 1 unspecified atom stereocenters. The highest BCUT2D eigenvalue weighted by Gasteiger charge is 2.08. The van der Waals surface area contributed by atoms with E-state index >= 15 is 0 Å². The molecule has 70 valence electrons. The molecule has 13 heavy (non-hydrogen) atoms. The van der Waals surface area contributed by atoms with Gasteiger partial charge in [-0.05, 0) is 18.9 Å². The van der Waals surface area contributed by atoms with Gasteiger partial charge in [0, 0.05) is 0 Å². The summed E-state index contributed by atoms with van der Waals surface area (Å²) in [6.45, 7) is 4.02. The Labute approximate surface area is 82.0 Å². The lowest BCUT2D eigenvalue weighted by atomic mass is 10.1. The van der Waals surface area contributed by atoms with Crippen LogP contribution in [-0.4, -0.2) is 5.48 Å². The first-order chi connectivity index (χ1) is 6.24. The van der Waals surface area contributed by atoms with Gasteiger partial charge in [0.2, 0.25) is 0 Å². The number of hydrogen-bond donors (Lipinski definition) is 0. The second kappa shape index (κ2) is 5.16. The van der Waals surface area contributed by atoms with Crippen LogP contribution in [0, 0.1) is 0 Å². The molecule has 1 aromatic rings. The van der Waals surface area contributed by atoms with Gasteiger partial charge in [0.05, 0.1) is 11.6 Å². The molecule has 1 nitrogen and oxygen atoms in total. The molecular formula is C11H15OP. The lowest BCUT2D eigenvalue weighted by Gasteiger charge is -2.15. The van der Waals surface area contributed by atoms with E-state index in [1.54, 1.807) is 0 Å². The molecule has 0 aliphatic rings. The minimum atomic E-state index is 0.165. The van der Waals surface area contributed by atoms with E-state index in [4.69, 9.17) is 4.74 Å². The zero-order chi connectivity index (χ0) is 9.68. The van der Waals surface area contributed by atoms with Crippen LogP contribution in [0.2, 0.25) is 0 Å². The van der Waals surface area contributed by atoms with Gasteiger partial charge in [-0.2, -0.15) is 0 Å². The van der Waals surface area contributed by atoms with Crippen molar-refractivity contribution in [3.63, 3.8) is 0 Å². The van der Waals surface area contributed by atoms with Crippen LogP contribution < -0.4 is 0 Å². The first-order valence-electron chi connectivity index (χ1n) is 4.50. The summed E-state index contributed by atoms with van der Waals surface area (Å²) < 4.78 is 5.62. The van der Waals surface area contributed by atoms with Crippen LogP contribution in [0.4, 0.5) is 0 Å². The molecule has 0 saturated carbocycles. The molecule has 0 heterocycles. The van der Waals surface area contributed by atoms with Crippen LogP contribution in [-0.2, 0) is 4.74 Å². The van der Waals surface area contributed by atoms with Crippen molar-refractivity contribution in [3.8, 4) is 0 Å². The van der Waals surface area contributed by atoms with E-state index in [0.29, 0.717) is 0 Å². The quantitative estimate of drug-likeness (QED) is 0.667. The molecule has 0 saturated heterocycles. The SMILES string of the molecule is CCC(OC(C)=P)c1ccccc1. The Morgan fingerprint density at radius 1 is 1.38 bits per heavy atom. The number of hydrogen-bond acceptors (Lipinski definition) is 1. The van der Waals surface area contributed by atoms with E-state index in [-0.39, 0.29) is 6.10 Å². The highest BCUT2D eigenvalue weighted by atomic mass is 31.0. The normalized spacial score (nSPS) is 12.5. The number of rotatable bonds is 4. The Kier molecular flexibility index (Phi) is 4.14. The molecule has 0 amide bonds. The summed E-state index contributed by atoms with van der Waals surface area (Å²) in [4.78, 5) is 0. The standard InChI is InChI=1S/C11H15OP/c1-3-11(12-9(2)13)10-7-5-4-6-8-10/h4-8,11,13H,3H2,1-2H3. The average molecular weight is 194 g/mol. The Balaban J connectivity index is 2.73. The molecule has 0 spiro atoms. The van der Waals surface area contributed by atoms with Crippen LogP contribution in [0.1, 0.15) is 31.9 Å². The van der Waals surface area contributed by atoms with Gasteiger partial charge < -0.3 is 4.74 Å². The third-order valence-electron chi connectivity index (χ3n) is 1.86. The van der Waals surface area contributed by atoms with Crippen LogP contribution in [0.15, 0.2) is 30.3 Å². The van der Waals surface area contributed by atoms with Gasteiger partial charge >= 0.3 is 0 Å². The third-order valence-corrected chi connectivity index (χ3v) is 1.98. The van der Waals surface area contributed by atoms with E-state index < -0.39 is 0 Å². The van der Waals surface area contributed by atoms with Crippen LogP contribution in [0.5, 0.6) is 0 Å². The first kappa shape index (κ1) is 10.4. The summed E-state index contributed by atoms with van der Waals surface area (Å²) in [5.74, 6) is 0.